The van der Waals surface area contributed by atoms with Gasteiger partial charge in [0.05, 0.1) is 18.8 Å². The monoisotopic (exact) mass is 527 g/mol. The van der Waals surface area contributed by atoms with Crippen molar-refractivity contribution in [2.24, 2.45) is 0 Å². The molecule has 37 heavy (non-hydrogen) atoms. The second kappa shape index (κ2) is 13.3. The lowest BCUT2D eigenvalue weighted by Crippen LogP contribution is -2.31. The average Bonchev–Trinajstić information content (AvgIpc) is 3.45. The van der Waals surface area contributed by atoms with Crippen molar-refractivity contribution in [3.05, 3.63) is 71.5 Å². The molecule has 0 saturated carbocycles. The maximum atomic E-state index is 12.3. The number of aliphatic hydroxyl groups excluding tert-OH is 1. The van der Waals surface area contributed by atoms with Gasteiger partial charge in [-0.1, -0.05) is 48.2 Å². The van der Waals surface area contributed by atoms with Crippen LogP contribution in [0.1, 0.15) is 54.8 Å². The van der Waals surface area contributed by atoms with Crippen molar-refractivity contribution in [3.63, 3.8) is 0 Å². The third-order valence-corrected chi connectivity index (χ3v) is 6.80. The van der Waals surface area contributed by atoms with Gasteiger partial charge >= 0.3 is 0 Å². The summed E-state index contributed by atoms with van der Waals surface area (Å²) in [5.74, 6) is -0.132. The molecule has 2 amide bonds. The lowest BCUT2D eigenvalue weighted by molar-refractivity contribution is -0.245. The van der Waals surface area contributed by atoms with Crippen LogP contribution in [0, 0.1) is 0 Å². The van der Waals surface area contributed by atoms with Crippen molar-refractivity contribution in [1.29, 1.82) is 0 Å². The van der Waals surface area contributed by atoms with E-state index in [1.165, 1.54) is 18.1 Å². The fraction of sp³-hybridized carbons (Fsp3) is 0.360. The van der Waals surface area contributed by atoms with Gasteiger partial charge in [0.25, 0.3) is 0 Å². The van der Waals surface area contributed by atoms with Gasteiger partial charge in [-0.05, 0) is 29.7 Å². The molecule has 12 heteroatoms. The van der Waals surface area contributed by atoms with E-state index in [2.05, 4.69) is 20.5 Å². The first-order valence-electron chi connectivity index (χ1n) is 11.9. The lowest BCUT2D eigenvalue weighted by atomic mass is 10.0. The first kappa shape index (κ1) is 26.8. The summed E-state index contributed by atoms with van der Waals surface area (Å²) in [4.78, 5) is 27.6. The Hall–Kier alpha value is -3.29. The van der Waals surface area contributed by atoms with E-state index in [-0.39, 0.29) is 37.6 Å². The molecule has 3 aromatic rings. The smallest absolute Gasteiger partial charge is 0.243 e. The first-order valence-corrected chi connectivity index (χ1v) is 12.8. The molecule has 1 saturated heterocycles. The molecular formula is C25H29N5O6S. The highest BCUT2D eigenvalue weighted by Gasteiger charge is 2.32. The molecular weight excluding hydrogens is 498 g/mol. The molecule has 1 aliphatic heterocycles. The highest BCUT2D eigenvalue weighted by Crippen LogP contribution is 2.39. The van der Waals surface area contributed by atoms with Crippen LogP contribution in [-0.4, -0.2) is 49.2 Å². The molecule has 11 nitrogen and oxygen atoms in total. The van der Waals surface area contributed by atoms with Crippen LogP contribution in [0.3, 0.4) is 0 Å². The Morgan fingerprint density at radius 1 is 1.08 bits per heavy atom. The van der Waals surface area contributed by atoms with Gasteiger partial charge in [-0.3, -0.25) is 19.9 Å². The first-order chi connectivity index (χ1) is 18.0. The standard InChI is InChI=1S/C25H29N5O6S/c31-13-16-7-9-17(10-8-16)21-12-20(14-37-25-26-15-27-29-25)35-24(36-21)18-3-1-4-19(11-18)28-22(32)5-2-6-23(33)30-34/h1,3-4,7-11,15,20-21,24,31,34H,2,5-6,12-14H2,(H,28,32)(H,30,33)(H,26,27,29)/t20-,21+,24+/m1/s1. The molecule has 0 bridgehead atoms. The number of amides is 2. The number of hydrogen-bond donors (Lipinski definition) is 5. The number of H-pyrrole nitrogens is 1. The van der Waals surface area contributed by atoms with Crippen LogP contribution >= 0.6 is 11.8 Å². The number of nitrogens with zero attached hydrogens (tertiary/aromatic N) is 2. The third-order valence-electron chi connectivity index (χ3n) is 5.79. The predicted molar refractivity (Wildman–Crippen MR) is 134 cm³/mol. The normalized spacial score (nSPS) is 19.4. The van der Waals surface area contributed by atoms with E-state index >= 15 is 0 Å². The summed E-state index contributed by atoms with van der Waals surface area (Å²) in [5, 5.41) is 28.2. The Balaban J connectivity index is 1.45. The van der Waals surface area contributed by atoms with Crippen molar-refractivity contribution < 1.29 is 29.4 Å². The summed E-state index contributed by atoms with van der Waals surface area (Å²) in [6, 6.07) is 14.9. The molecule has 0 aliphatic carbocycles. The number of benzene rings is 2. The van der Waals surface area contributed by atoms with Crippen molar-refractivity contribution in [1.82, 2.24) is 20.7 Å². The van der Waals surface area contributed by atoms with Gasteiger partial charge in [0, 0.05) is 36.3 Å². The number of carbonyl (C=O) groups excluding carboxylic acids is 2. The second-order valence-electron chi connectivity index (χ2n) is 8.51. The number of thioether (sulfide) groups is 1. The maximum absolute atomic E-state index is 12.3. The Kier molecular flexibility index (Phi) is 9.63. The van der Waals surface area contributed by atoms with Crippen molar-refractivity contribution >= 4 is 29.3 Å². The van der Waals surface area contributed by atoms with Crippen LogP contribution < -0.4 is 10.8 Å². The quantitative estimate of drug-likeness (QED) is 0.143. The molecule has 1 aromatic heterocycles. The average molecular weight is 528 g/mol. The van der Waals surface area contributed by atoms with Gasteiger partial charge in [-0.2, -0.15) is 5.10 Å². The summed E-state index contributed by atoms with van der Waals surface area (Å²) in [5.41, 5.74) is 4.70. The number of aliphatic hydroxyl groups is 1. The fourth-order valence-corrected chi connectivity index (χ4v) is 4.71. The van der Waals surface area contributed by atoms with Crippen LogP contribution in [0.5, 0.6) is 0 Å². The van der Waals surface area contributed by atoms with Gasteiger partial charge in [0.1, 0.15) is 6.33 Å². The van der Waals surface area contributed by atoms with Crippen molar-refractivity contribution in [2.45, 2.75) is 55.9 Å². The number of ether oxygens (including phenoxy) is 2. The van der Waals surface area contributed by atoms with Gasteiger partial charge in [-0.15, -0.1) is 0 Å². The molecule has 0 unspecified atom stereocenters. The van der Waals surface area contributed by atoms with Crippen LogP contribution in [0.15, 0.2) is 60.0 Å². The van der Waals surface area contributed by atoms with E-state index in [4.69, 9.17) is 14.7 Å². The fourth-order valence-electron chi connectivity index (χ4n) is 3.91. The summed E-state index contributed by atoms with van der Waals surface area (Å²) in [6.45, 7) is -0.0267. The van der Waals surface area contributed by atoms with E-state index in [9.17, 15) is 14.7 Å². The van der Waals surface area contributed by atoms with Crippen molar-refractivity contribution in [2.75, 3.05) is 11.1 Å². The third kappa shape index (κ3) is 7.84. The highest BCUT2D eigenvalue weighted by atomic mass is 32.2. The number of rotatable bonds is 11. The molecule has 2 aromatic carbocycles. The Morgan fingerprint density at radius 3 is 2.62 bits per heavy atom. The Morgan fingerprint density at radius 2 is 1.89 bits per heavy atom. The molecule has 2 heterocycles. The summed E-state index contributed by atoms with van der Waals surface area (Å²) in [6.07, 6.45) is 1.56. The molecule has 0 spiro atoms. The van der Waals surface area contributed by atoms with E-state index in [0.29, 0.717) is 29.4 Å². The maximum Gasteiger partial charge on any atom is 0.243 e. The molecule has 196 valence electrons. The van der Waals surface area contributed by atoms with Crippen LogP contribution in [0.2, 0.25) is 0 Å². The molecule has 3 atom stereocenters. The number of carbonyl (C=O) groups is 2. The van der Waals surface area contributed by atoms with Gasteiger partial charge in [-0.25, -0.2) is 10.5 Å². The number of aromatic nitrogens is 3. The zero-order valence-corrected chi connectivity index (χ0v) is 20.8. The van der Waals surface area contributed by atoms with Crippen LogP contribution in [0.25, 0.3) is 0 Å². The predicted octanol–water partition coefficient (Wildman–Crippen LogP) is 3.25. The number of aromatic amines is 1. The SMILES string of the molecule is O=C(CCCC(=O)Nc1cccc([C@H]2O[C@@H](CSc3ncn[nH]3)C[C@@H](c3ccc(CO)cc3)O2)c1)NO. The van der Waals surface area contributed by atoms with Crippen molar-refractivity contribution in [3.8, 4) is 0 Å². The number of anilines is 1. The van der Waals surface area contributed by atoms with Gasteiger partial charge in [0.15, 0.2) is 11.4 Å². The Labute approximate surface area is 217 Å². The zero-order chi connectivity index (χ0) is 26.0. The van der Waals surface area contributed by atoms with E-state index in [1.807, 2.05) is 36.4 Å². The largest absolute Gasteiger partial charge is 0.392 e. The highest BCUT2D eigenvalue weighted by molar-refractivity contribution is 7.99. The van der Waals surface area contributed by atoms with Crippen LogP contribution in [0.4, 0.5) is 5.69 Å². The zero-order valence-electron chi connectivity index (χ0n) is 20.0. The summed E-state index contributed by atoms with van der Waals surface area (Å²) in [7, 11) is 0. The molecule has 4 rings (SSSR count). The topological polar surface area (TPSA) is 159 Å². The van der Waals surface area contributed by atoms with Crippen LogP contribution in [-0.2, 0) is 25.7 Å². The van der Waals surface area contributed by atoms with Gasteiger partial charge in [0.2, 0.25) is 11.8 Å². The molecule has 1 aliphatic rings. The summed E-state index contributed by atoms with van der Waals surface area (Å²) < 4.78 is 12.7. The van der Waals surface area contributed by atoms with E-state index in [1.54, 1.807) is 17.6 Å². The minimum absolute atomic E-state index is 0.0267. The Bertz CT molecular complexity index is 1160. The number of hydrogen-bond acceptors (Lipinski definition) is 9. The number of nitrogens with one attached hydrogen (secondary N) is 3. The minimum atomic E-state index is -0.665. The number of hydroxylamine groups is 1. The summed E-state index contributed by atoms with van der Waals surface area (Å²) >= 11 is 1.51. The molecule has 0 radical (unpaired) electrons. The van der Waals surface area contributed by atoms with E-state index < -0.39 is 12.2 Å². The lowest BCUT2D eigenvalue weighted by Gasteiger charge is -2.36. The minimum Gasteiger partial charge on any atom is -0.392 e. The molecule has 1 fully saturated rings. The molecule has 5 N–H and O–H groups in total. The van der Waals surface area contributed by atoms with E-state index in [0.717, 1.165) is 16.7 Å². The van der Waals surface area contributed by atoms with Gasteiger partial charge < -0.3 is 19.9 Å². The second-order valence-corrected chi connectivity index (χ2v) is 9.52.